The predicted octanol–water partition coefficient (Wildman–Crippen LogP) is 7.88. The van der Waals surface area contributed by atoms with Crippen LogP contribution in [0.4, 0.5) is 0 Å². The van der Waals surface area contributed by atoms with E-state index in [-0.39, 0.29) is 32.7 Å². The Hall–Kier alpha value is -4.01. The van der Waals surface area contributed by atoms with E-state index in [1.165, 1.54) is 5.56 Å². The molecular formula is C32H23N2O2Pt-. The van der Waals surface area contributed by atoms with Crippen molar-refractivity contribution in [3.63, 3.8) is 0 Å². The fourth-order valence-electron chi connectivity index (χ4n) is 4.63. The van der Waals surface area contributed by atoms with Gasteiger partial charge in [-0.05, 0) is 41.3 Å². The molecule has 0 radical (unpaired) electrons. The molecule has 0 fully saturated rings. The number of rotatable bonds is 5. The maximum Gasteiger partial charge on any atom is 0.230 e. The molecule has 2 aromatic heterocycles. The number of para-hydroxylation sites is 1. The summed E-state index contributed by atoms with van der Waals surface area (Å²) in [4.78, 5) is 9.41. The molecule has 1 unspecified atom stereocenters. The standard InChI is InChI=1S/C32H23N2O2.Pt/c1-21(22-10-3-2-4-11-22)25-17-18-29-31(34-32(36-29)26-14-5-6-16-28(26)35)30(25)24-13-9-12-23(20-24)27-15-7-8-19-33-27;/h2-19,21,35H,1H3;/q-1;. The van der Waals surface area contributed by atoms with E-state index in [1.807, 2.05) is 48.5 Å². The third kappa shape index (κ3) is 4.73. The summed E-state index contributed by atoms with van der Waals surface area (Å²) in [5.74, 6) is 0.629. The van der Waals surface area contributed by atoms with Gasteiger partial charge in [-0.1, -0.05) is 78.7 Å². The molecule has 0 saturated heterocycles. The molecule has 184 valence electrons. The molecule has 2 heterocycles. The van der Waals surface area contributed by atoms with Gasteiger partial charge in [-0.2, -0.15) is 0 Å². The molecule has 0 aliphatic heterocycles. The zero-order valence-corrected chi connectivity index (χ0v) is 22.3. The number of phenols is 1. The molecule has 4 aromatic carbocycles. The number of pyridine rings is 1. The number of benzene rings is 4. The van der Waals surface area contributed by atoms with Gasteiger partial charge in [0.2, 0.25) is 5.89 Å². The third-order valence-corrected chi connectivity index (χ3v) is 6.50. The second-order valence-corrected chi connectivity index (χ2v) is 8.74. The molecule has 4 nitrogen and oxygen atoms in total. The van der Waals surface area contributed by atoms with Gasteiger partial charge in [-0.15, -0.1) is 29.8 Å². The summed E-state index contributed by atoms with van der Waals surface area (Å²) >= 11 is 0. The summed E-state index contributed by atoms with van der Waals surface area (Å²) in [6, 6.07) is 37.1. The molecule has 0 amide bonds. The van der Waals surface area contributed by atoms with Gasteiger partial charge >= 0.3 is 0 Å². The summed E-state index contributed by atoms with van der Waals surface area (Å²) in [6.45, 7) is 2.20. The number of phenolic OH excluding ortho intramolecular Hbond substituents is 1. The van der Waals surface area contributed by atoms with Crippen LogP contribution in [0.25, 0.3) is 44.9 Å². The van der Waals surface area contributed by atoms with Gasteiger partial charge in [0.05, 0.1) is 11.1 Å². The second kappa shape index (κ2) is 10.5. The normalized spacial score (nSPS) is 11.7. The predicted molar refractivity (Wildman–Crippen MR) is 143 cm³/mol. The van der Waals surface area contributed by atoms with Gasteiger partial charge in [0.15, 0.2) is 0 Å². The van der Waals surface area contributed by atoms with E-state index in [1.54, 1.807) is 24.4 Å². The Morgan fingerprint density at radius 3 is 2.32 bits per heavy atom. The Morgan fingerprint density at radius 1 is 0.784 bits per heavy atom. The van der Waals surface area contributed by atoms with Gasteiger partial charge in [0, 0.05) is 33.0 Å². The third-order valence-electron chi connectivity index (χ3n) is 6.50. The maximum absolute atomic E-state index is 10.4. The first-order valence-electron chi connectivity index (χ1n) is 11.9. The first-order valence-corrected chi connectivity index (χ1v) is 11.9. The Bertz CT molecular complexity index is 1660. The summed E-state index contributed by atoms with van der Waals surface area (Å²) in [5, 5.41) is 10.4. The first kappa shape index (κ1) is 24.7. The number of oxazole rings is 1. The molecule has 6 rings (SSSR count). The Labute approximate surface area is 229 Å². The molecule has 0 saturated carbocycles. The number of hydrogen-bond donors (Lipinski definition) is 1. The molecule has 1 N–H and O–H groups in total. The molecule has 0 aliphatic carbocycles. The van der Waals surface area contributed by atoms with Crippen LogP contribution >= 0.6 is 0 Å². The average Bonchev–Trinajstić information content (AvgIpc) is 3.37. The number of aromatic hydroxyl groups is 1. The van der Waals surface area contributed by atoms with Crippen LogP contribution in [0.5, 0.6) is 5.75 Å². The molecule has 1 atom stereocenters. The topological polar surface area (TPSA) is 59.2 Å². The van der Waals surface area contributed by atoms with Crippen LogP contribution in [0.1, 0.15) is 24.0 Å². The van der Waals surface area contributed by atoms with Crippen LogP contribution in [0, 0.1) is 6.07 Å². The first-order chi connectivity index (χ1) is 17.7. The van der Waals surface area contributed by atoms with Crippen molar-refractivity contribution in [3.05, 3.63) is 127 Å². The quantitative estimate of drug-likeness (QED) is 0.191. The summed E-state index contributed by atoms with van der Waals surface area (Å²) < 4.78 is 6.16. The van der Waals surface area contributed by atoms with Crippen LogP contribution in [0.3, 0.4) is 0 Å². The number of hydrogen-bond acceptors (Lipinski definition) is 4. The van der Waals surface area contributed by atoms with E-state index in [0.717, 1.165) is 33.5 Å². The smallest absolute Gasteiger partial charge is 0.230 e. The van der Waals surface area contributed by atoms with Crippen molar-refractivity contribution in [1.82, 2.24) is 9.97 Å². The van der Waals surface area contributed by atoms with Crippen LogP contribution in [-0.4, -0.2) is 15.1 Å². The van der Waals surface area contributed by atoms with Crippen LogP contribution in [0.15, 0.2) is 114 Å². The summed E-state index contributed by atoms with van der Waals surface area (Å²) in [5.41, 5.74) is 7.94. The minimum Gasteiger partial charge on any atom is -0.507 e. The largest absolute Gasteiger partial charge is 0.507 e. The number of aromatic nitrogens is 2. The van der Waals surface area contributed by atoms with E-state index >= 15 is 0 Å². The van der Waals surface area contributed by atoms with Crippen molar-refractivity contribution in [2.75, 3.05) is 0 Å². The Kier molecular flexibility index (Phi) is 7.03. The van der Waals surface area contributed by atoms with Gasteiger partial charge < -0.3 is 9.52 Å². The minimum atomic E-state index is 0. The van der Waals surface area contributed by atoms with Crippen molar-refractivity contribution in [2.24, 2.45) is 0 Å². The van der Waals surface area contributed by atoms with Crippen LogP contribution in [-0.2, 0) is 21.1 Å². The van der Waals surface area contributed by atoms with E-state index in [2.05, 4.69) is 54.4 Å². The fourth-order valence-corrected chi connectivity index (χ4v) is 4.63. The Morgan fingerprint density at radius 2 is 1.54 bits per heavy atom. The molecule has 0 bridgehead atoms. The van der Waals surface area contributed by atoms with E-state index in [0.29, 0.717) is 17.0 Å². The molecule has 6 aromatic rings. The SMILES string of the molecule is CC(c1ccccc1)c1ccc2oc(-c3ccccc3O)nc2c1-c1[c-]c(-c2ccccn2)ccc1.[Pt]. The van der Waals surface area contributed by atoms with Crippen molar-refractivity contribution in [1.29, 1.82) is 0 Å². The number of fused-ring (bicyclic) bond motifs is 1. The fraction of sp³-hybridized carbons (Fsp3) is 0.0625. The summed E-state index contributed by atoms with van der Waals surface area (Å²) in [6.07, 6.45) is 1.79. The Balaban J connectivity index is 0.00000280. The van der Waals surface area contributed by atoms with Crippen molar-refractivity contribution >= 4 is 11.1 Å². The molecule has 37 heavy (non-hydrogen) atoms. The molecule has 0 aliphatic rings. The molecular weight excluding hydrogens is 639 g/mol. The minimum absolute atomic E-state index is 0. The van der Waals surface area contributed by atoms with Crippen molar-refractivity contribution < 1.29 is 30.6 Å². The second-order valence-electron chi connectivity index (χ2n) is 8.74. The van der Waals surface area contributed by atoms with E-state index < -0.39 is 0 Å². The average molecular weight is 663 g/mol. The monoisotopic (exact) mass is 662 g/mol. The number of nitrogens with zero attached hydrogens (tertiary/aromatic N) is 2. The van der Waals surface area contributed by atoms with Crippen LogP contribution < -0.4 is 0 Å². The van der Waals surface area contributed by atoms with Gasteiger partial charge in [-0.25, -0.2) is 4.98 Å². The molecule has 0 spiro atoms. The summed E-state index contributed by atoms with van der Waals surface area (Å²) in [7, 11) is 0. The van der Waals surface area contributed by atoms with E-state index in [4.69, 9.17) is 9.40 Å². The van der Waals surface area contributed by atoms with Crippen LogP contribution in [0.2, 0.25) is 0 Å². The van der Waals surface area contributed by atoms with Gasteiger partial charge in [0.1, 0.15) is 11.3 Å². The van der Waals surface area contributed by atoms with Crippen molar-refractivity contribution in [2.45, 2.75) is 12.8 Å². The van der Waals surface area contributed by atoms with Gasteiger partial charge in [-0.3, -0.25) is 4.98 Å². The van der Waals surface area contributed by atoms with Crippen molar-refractivity contribution in [3.8, 4) is 39.6 Å². The van der Waals surface area contributed by atoms with E-state index in [9.17, 15) is 5.11 Å². The van der Waals surface area contributed by atoms with Gasteiger partial charge in [0.25, 0.3) is 0 Å². The zero-order valence-electron chi connectivity index (χ0n) is 20.0. The zero-order chi connectivity index (χ0) is 24.5. The molecule has 5 heteroatoms. The maximum atomic E-state index is 10.4.